The second-order valence-corrected chi connectivity index (χ2v) is 7.80. The standard InChI is InChI=1S/C20H23N3O4/c1-22-12-20(11-15(22)19(26)27)6-9-23(10-7-20)18(25)14-5-4-13-3-2-8-21-16(13)17(14)24/h2-5,8,15,24H,6-7,9-12H2,1H3,(H,26,27)/t15-/m0/s1. The Kier molecular flexibility index (Phi) is 4.26. The van der Waals surface area contributed by atoms with E-state index in [1.165, 1.54) is 0 Å². The Morgan fingerprint density at radius 3 is 2.63 bits per heavy atom. The summed E-state index contributed by atoms with van der Waals surface area (Å²) in [4.78, 5) is 32.2. The molecule has 0 saturated carbocycles. The third-order valence-corrected chi connectivity index (χ3v) is 6.12. The Hall–Kier alpha value is -2.67. The third-order valence-electron chi connectivity index (χ3n) is 6.12. The number of pyridine rings is 1. The van der Waals surface area contributed by atoms with Gasteiger partial charge in [-0.1, -0.05) is 12.1 Å². The first-order valence-electron chi connectivity index (χ1n) is 9.19. The van der Waals surface area contributed by atoms with Gasteiger partial charge in [0.15, 0.2) is 5.75 Å². The van der Waals surface area contributed by atoms with Gasteiger partial charge in [0.2, 0.25) is 0 Å². The maximum absolute atomic E-state index is 12.9. The second kappa shape index (κ2) is 6.49. The van der Waals surface area contributed by atoms with Crippen molar-refractivity contribution in [2.75, 3.05) is 26.7 Å². The highest BCUT2D eigenvalue weighted by atomic mass is 16.4. The lowest BCUT2D eigenvalue weighted by Crippen LogP contribution is -2.44. The van der Waals surface area contributed by atoms with Crippen LogP contribution in [0.15, 0.2) is 30.5 Å². The molecule has 2 aliphatic heterocycles. The maximum atomic E-state index is 12.9. The lowest BCUT2D eigenvalue weighted by atomic mass is 9.76. The van der Waals surface area contributed by atoms with Crippen LogP contribution >= 0.6 is 0 Å². The predicted octanol–water partition coefficient (Wildman–Crippen LogP) is 1.95. The molecule has 0 unspecified atom stereocenters. The van der Waals surface area contributed by atoms with E-state index in [4.69, 9.17) is 0 Å². The molecule has 2 aromatic rings. The molecule has 142 valence electrons. The van der Waals surface area contributed by atoms with E-state index in [0.717, 1.165) is 24.8 Å². The molecule has 1 aromatic heterocycles. The number of carbonyl (C=O) groups is 2. The van der Waals surface area contributed by atoms with Gasteiger partial charge in [-0.05, 0) is 43.9 Å². The Morgan fingerprint density at radius 1 is 1.22 bits per heavy atom. The zero-order valence-electron chi connectivity index (χ0n) is 15.3. The molecule has 3 heterocycles. The molecule has 2 fully saturated rings. The number of fused-ring (bicyclic) bond motifs is 1. The topological polar surface area (TPSA) is 94.0 Å². The molecule has 1 aromatic carbocycles. The Morgan fingerprint density at radius 2 is 1.96 bits per heavy atom. The van der Waals surface area contributed by atoms with Crippen LogP contribution < -0.4 is 0 Å². The zero-order chi connectivity index (χ0) is 19.2. The Balaban J connectivity index is 1.50. The van der Waals surface area contributed by atoms with Crippen LogP contribution in [-0.4, -0.2) is 69.6 Å². The van der Waals surface area contributed by atoms with Gasteiger partial charge in [0, 0.05) is 31.2 Å². The van der Waals surface area contributed by atoms with Crippen molar-refractivity contribution in [2.24, 2.45) is 5.41 Å². The molecule has 0 radical (unpaired) electrons. The van der Waals surface area contributed by atoms with Crippen LogP contribution in [0.4, 0.5) is 0 Å². The minimum absolute atomic E-state index is 0.0401. The molecule has 2 aliphatic rings. The number of amides is 1. The van der Waals surface area contributed by atoms with E-state index in [-0.39, 0.29) is 22.6 Å². The predicted molar refractivity (Wildman–Crippen MR) is 99.6 cm³/mol. The van der Waals surface area contributed by atoms with Crippen molar-refractivity contribution in [1.29, 1.82) is 0 Å². The number of hydrogen-bond acceptors (Lipinski definition) is 5. The number of phenols is 1. The van der Waals surface area contributed by atoms with Gasteiger partial charge in [0.1, 0.15) is 11.6 Å². The number of likely N-dealkylation sites (tertiary alicyclic amines) is 2. The lowest BCUT2D eigenvalue weighted by molar-refractivity contribution is -0.141. The summed E-state index contributed by atoms with van der Waals surface area (Å²) in [5, 5.41) is 20.7. The average molecular weight is 369 g/mol. The Labute approximate surface area is 157 Å². The molecule has 0 aliphatic carbocycles. The van der Waals surface area contributed by atoms with Gasteiger partial charge in [-0.2, -0.15) is 0 Å². The van der Waals surface area contributed by atoms with Gasteiger partial charge in [-0.25, -0.2) is 0 Å². The van der Waals surface area contributed by atoms with Crippen LogP contribution in [0.2, 0.25) is 0 Å². The Bertz CT molecular complexity index is 905. The van der Waals surface area contributed by atoms with Gasteiger partial charge in [0.05, 0.1) is 5.56 Å². The summed E-state index contributed by atoms with van der Waals surface area (Å²) in [6.45, 7) is 1.88. The second-order valence-electron chi connectivity index (χ2n) is 7.80. The fourth-order valence-electron chi connectivity index (χ4n) is 4.56. The highest BCUT2D eigenvalue weighted by Gasteiger charge is 2.47. The molecular weight excluding hydrogens is 346 g/mol. The van der Waals surface area contributed by atoms with Crippen LogP contribution in [-0.2, 0) is 4.79 Å². The molecule has 1 spiro atoms. The van der Waals surface area contributed by atoms with Gasteiger partial charge < -0.3 is 15.1 Å². The normalized spacial score (nSPS) is 22.4. The van der Waals surface area contributed by atoms with Crippen LogP contribution in [0.1, 0.15) is 29.6 Å². The van der Waals surface area contributed by atoms with Crippen LogP contribution in [0, 0.1) is 5.41 Å². The van der Waals surface area contributed by atoms with Crippen molar-refractivity contribution < 1.29 is 19.8 Å². The van der Waals surface area contributed by atoms with E-state index in [2.05, 4.69) is 4.98 Å². The number of hydrogen-bond donors (Lipinski definition) is 2. The first-order chi connectivity index (χ1) is 12.9. The summed E-state index contributed by atoms with van der Waals surface area (Å²) in [7, 11) is 1.85. The summed E-state index contributed by atoms with van der Waals surface area (Å²) in [6.07, 6.45) is 3.78. The van der Waals surface area contributed by atoms with E-state index in [1.807, 2.05) is 18.0 Å². The van der Waals surface area contributed by atoms with Crippen molar-refractivity contribution in [2.45, 2.75) is 25.3 Å². The summed E-state index contributed by atoms with van der Waals surface area (Å²) < 4.78 is 0. The number of carboxylic acids is 1. The number of phenolic OH excluding ortho intramolecular Hbond substituents is 1. The van der Waals surface area contributed by atoms with Crippen molar-refractivity contribution in [1.82, 2.24) is 14.8 Å². The van der Waals surface area contributed by atoms with E-state index < -0.39 is 12.0 Å². The highest BCUT2D eigenvalue weighted by Crippen LogP contribution is 2.43. The smallest absolute Gasteiger partial charge is 0.320 e. The van der Waals surface area contributed by atoms with Gasteiger partial charge >= 0.3 is 5.97 Å². The quantitative estimate of drug-likeness (QED) is 0.840. The van der Waals surface area contributed by atoms with Gasteiger partial charge in [-0.3, -0.25) is 19.5 Å². The van der Waals surface area contributed by atoms with Crippen molar-refractivity contribution in [3.05, 3.63) is 36.0 Å². The number of aromatic nitrogens is 1. The number of aromatic hydroxyl groups is 1. The van der Waals surface area contributed by atoms with Crippen molar-refractivity contribution >= 4 is 22.8 Å². The first kappa shape index (κ1) is 17.7. The number of piperidine rings is 1. The summed E-state index contributed by atoms with van der Waals surface area (Å²) >= 11 is 0. The van der Waals surface area contributed by atoms with Crippen molar-refractivity contribution in [3.63, 3.8) is 0 Å². The number of carbonyl (C=O) groups excluding carboxylic acids is 1. The monoisotopic (exact) mass is 369 g/mol. The fourth-order valence-corrected chi connectivity index (χ4v) is 4.56. The molecule has 0 bridgehead atoms. The van der Waals surface area contributed by atoms with E-state index in [1.54, 1.807) is 29.3 Å². The summed E-state index contributed by atoms with van der Waals surface area (Å²) in [6, 6.07) is 6.63. The number of aliphatic carboxylic acids is 1. The molecule has 1 atom stereocenters. The third kappa shape index (κ3) is 3.02. The van der Waals surface area contributed by atoms with Crippen molar-refractivity contribution in [3.8, 4) is 5.75 Å². The minimum atomic E-state index is -0.776. The number of rotatable bonds is 2. The zero-order valence-corrected chi connectivity index (χ0v) is 15.3. The lowest BCUT2D eigenvalue weighted by Gasteiger charge is -2.39. The largest absolute Gasteiger partial charge is 0.505 e. The number of likely N-dealkylation sites (N-methyl/N-ethyl adjacent to an activating group) is 1. The molecule has 27 heavy (non-hydrogen) atoms. The molecule has 2 saturated heterocycles. The number of carboxylic acid groups (broad SMARTS) is 1. The van der Waals surface area contributed by atoms with Crippen LogP contribution in [0.25, 0.3) is 10.9 Å². The molecule has 7 nitrogen and oxygen atoms in total. The SMILES string of the molecule is CN1CC2(CCN(C(=O)c3ccc4cccnc4c3O)CC2)C[C@H]1C(=O)O. The number of nitrogens with zero attached hydrogens (tertiary/aromatic N) is 3. The summed E-state index contributed by atoms with van der Waals surface area (Å²) in [5.74, 6) is -1.05. The molecule has 7 heteroatoms. The molecular formula is C20H23N3O4. The van der Waals surface area contributed by atoms with Crippen LogP contribution in [0.3, 0.4) is 0 Å². The average Bonchev–Trinajstić information content (AvgIpc) is 2.98. The highest BCUT2D eigenvalue weighted by molar-refractivity contribution is 6.02. The van der Waals surface area contributed by atoms with E-state index >= 15 is 0 Å². The van der Waals surface area contributed by atoms with E-state index in [9.17, 15) is 19.8 Å². The minimum Gasteiger partial charge on any atom is -0.505 e. The van der Waals surface area contributed by atoms with Gasteiger partial charge in [0.25, 0.3) is 5.91 Å². The summed E-state index contributed by atoms with van der Waals surface area (Å²) in [5.41, 5.74) is 0.657. The molecule has 2 N–H and O–H groups in total. The maximum Gasteiger partial charge on any atom is 0.320 e. The number of benzene rings is 1. The molecule has 1 amide bonds. The first-order valence-corrected chi connectivity index (χ1v) is 9.19. The fraction of sp³-hybridized carbons (Fsp3) is 0.450. The van der Waals surface area contributed by atoms with E-state index in [0.29, 0.717) is 25.0 Å². The molecule has 4 rings (SSSR count). The van der Waals surface area contributed by atoms with Crippen LogP contribution in [0.5, 0.6) is 5.75 Å². The van der Waals surface area contributed by atoms with Gasteiger partial charge in [-0.15, -0.1) is 0 Å².